The molecule has 0 fully saturated rings. The van der Waals surface area contributed by atoms with Gasteiger partial charge in [-0.3, -0.25) is 4.99 Å². The van der Waals surface area contributed by atoms with Gasteiger partial charge in [0.1, 0.15) is 0 Å². The Morgan fingerprint density at radius 3 is 2.78 bits per heavy atom. The van der Waals surface area contributed by atoms with Crippen molar-refractivity contribution in [3.63, 3.8) is 0 Å². The summed E-state index contributed by atoms with van der Waals surface area (Å²) >= 11 is 0. The maximum absolute atomic E-state index is 5.48. The number of hydrogen-bond acceptors (Lipinski definition) is 2. The van der Waals surface area contributed by atoms with Crippen molar-refractivity contribution in [2.75, 3.05) is 7.05 Å². The highest BCUT2D eigenvalue weighted by molar-refractivity contribution is 5.76. The van der Waals surface area contributed by atoms with Crippen LogP contribution < -0.4 is 5.73 Å². The monoisotopic (exact) mass is 126 g/mol. The average molecular weight is 126 g/mol. The third-order valence-electron chi connectivity index (χ3n) is 0.947. The molecule has 9 heavy (non-hydrogen) atoms. The summed E-state index contributed by atoms with van der Waals surface area (Å²) in [5, 5.41) is 0. The molecule has 2 N–H and O–H groups in total. The van der Waals surface area contributed by atoms with Crippen LogP contribution in [0.15, 0.2) is 16.8 Å². The summed E-state index contributed by atoms with van der Waals surface area (Å²) < 4.78 is 0. The summed E-state index contributed by atoms with van der Waals surface area (Å²) in [6, 6.07) is 0. The first-order valence-corrected chi connectivity index (χ1v) is 3.19. The van der Waals surface area contributed by atoms with Crippen LogP contribution in [0.1, 0.15) is 19.8 Å². The lowest BCUT2D eigenvalue weighted by Crippen LogP contribution is -1.97. The van der Waals surface area contributed by atoms with Crippen LogP contribution in [0.25, 0.3) is 0 Å². The molecule has 0 amide bonds. The highest BCUT2D eigenvalue weighted by Gasteiger charge is 1.79. The largest absolute Gasteiger partial charge is 0.398 e. The van der Waals surface area contributed by atoms with Gasteiger partial charge < -0.3 is 5.73 Å². The fraction of sp³-hybridized carbons (Fsp3) is 0.571. The Morgan fingerprint density at radius 2 is 2.33 bits per heavy atom. The number of hydrogen-bond donors (Lipinski definition) is 1. The third-order valence-corrected chi connectivity index (χ3v) is 0.947. The van der Waals surface area contributed by atoms with E-state index in [0.717, 1.165) is 18.5 Å². The van der Waals surface area contributed by atoms with E-state index in [9.17, 15) is 0 Å². The minimum absolute atomic E-state index is 0.763. The summed E-state index contributed by atoms with van der Waals surface area (Å²) in [7, 11) is 1.71. The fourth-order valence-corrected chi connectivity index (χ4v) is 0.513. The van der Waals surface area contributed by atoms with Crippen LogP contribution in [0.2, 0.25) is 0 Å². The number of nitrogens with zero attached hydrogens (tertiary/aromatic N) is 1. The van der Waals surface area contributed by atoms with E-state index in [0.29, 0.717) is 0 Å². The van der Waals surface area contributed by atoms with Crippen LogP contribution in [0.4, 0.5) is 0 Å². The van der Waals surface area contributed by atoms with Crippen LogP contribution in [-0.2, 0) is 0 Å². The first kappa shape index (κ1) is 8.21. The maximum Gasteiger partial charge on any atom is 0.0454 e. The van der Waals surface area contributed by atoms with E-state index in [2.05, 4.69) is 11.9 Å². The molecule has 0 spiro atoms. The maximum atomic E-state index is 5.48. The SMILES string of the molecule is CCC/C=C(N)\C=N/C. The van der Waals surface area contributed by atoms with Gasteiger partial charge in [-0.15, -0.1) is 0 Å². The first-order valence-electron chi connectivity index (χ1n) is 3.19. The number of unbranched alkanes of at least 4 members (excludes halogenated alkanes) is 1. The first-order chi connectivity index (χ1) is 4.31. The summed E-state index contributed by atoms with van der Waals surface area (Å²) in [4.78, 5) is 3.77. The molecule has 0 atom stereocenters. The van der Waals surface area contributed by atoms with E-state index < -0.39 is 0 Å². The second kappa shape index (κ2) is 5.35. The Bertz CT molecular complexity index is 114. The van der Waals surface area contributed by atoms with Crippen molar-refractivity contribution in [3.8, 4) is 0 Å². The molecular formula is C7H14N2. The lowest BCUT2D eigenvalue weighted by molar-refractivity contribution is 0.952. The van der Waals surface area contributed by atoms with E-state index in [1.807, 2.05) is 6.08 Å². The molecule has 2 heteroatoms. The third kappa shape index (κ3) is 5.07. The Kier molecular flexibility index (Phi) is 4.88. The zero-order valence-electron chi connectivity index (χ0n) is 6.09. The van der Waals surface area contributed by atoms with Crippen molar-refractivity contribution in [2.45, 2.75) is 19.8 Å². The molecular weight excluding hydrogens is 112 g/mol. The molecule has 0 aliphatic rings. The normalized spacial score (nSPS) is 12.9. The lowest BCUT2D eigenvalue weighted by Gasteiger charge is -1.88. The Labute approximate surface area is 56.5 Å². The Morgan fingerprint density at radius 1 is 1.67 bits per heavy atom. The number of nitrogens with two attached hydrogens (primary N) is 1. The van der Waals surface area contributed by atoms with E-state index in [1.54, 1.807) is 13.3 Å². The zero-order chi connectivity index (χ0) is 7.11. The molecule has 2 nitrogen and oxygen atoms in total. The number of rotatable bonds is 3. The molecule has 0 saturated heterocycles. The summed E-state index contributed by atoms with van der Waals surface area (Å²) in [6.07, 6.45) is 5.82. The van der Waals surface area contributed by atoms with Gasteiger partial charge in [-0.1, -0.05) is 19.4 Å². The van der Waals surface area contributed by atoms with Gasteiger partial charge in [0.25, 0.3) is 0 Å². The van der Waals surface area contributed by atoms with Crippen molar-refractivity contribution in [1.29, 1.82) is 0 Å². The molecule has 0 aliphatic carbocycles. The van der Waals surface area contributed by atoms with Crippen molar-refractivity contribution >= 4 is 6.21 Å². The van der Waals surface area contributed by atoms with Gasteiger partial charge in [-0.25, -0.2) is 0 Å². The number of allylic oxidation sites excluding steroid dienone is 2. The van der Waals surface area contributed by atoms with E-state index in [4.69, 9.17) is 5.73 Å². The summed E-state index contributed by atoms with van der Waals surface area (Å²) in [5.74, 6) is 0. The standard InChI is InChI=1S/C7H14N2/c1-3-4-5-7(8)6-9-2/h5-6H,3-4,8H2,1-2H3/b7-5+,9-6-. The molecule has 0 aromatic rings. The smallest absolute Gasteiger partial charge is 0.0454 e. The quantitative estimate of drug-likeness (QED) is 0.569. The van der Waals surface area contributed by atoms with Gasteiger partial charge >= 0.3 is 0 Å². The average Bonchev–Trinajstić information content (AvgIpc) is 1.85. The molecule has 0 unspecified atom stereocenters. The fourth-order valence-electron chi connectivity index (χ4n) is 0.513. The predicted molar refractivity (Wildman–Crippen MR) is 41.6 cm³/mol. The second-order valence-electron chi connectivity index (χ2n) is 1.88. The van der Waals surface area contributed by atoms with Crippen LogP contribution in [-0.4, -0.2) is 13.3 Å². The van der Waals surface area contributed by atoms with Gasteiger partial charge in [-0.2, -0.15) is 0 Å². The van der Waals surface area contributed by atoms with Crippen LogP contribution >= 0.6 is 0 Å². The molecule has 0 bridgehead atoms. The predicted octanol–water partition coefficient (Wildman–Crippen LogP) is 1.33. The van der Waals surface area contributed by atoms with Crippen LogP contribution in [0.3, 0.4) is 0 Å². The highest BCUT2D eigenvalue weighted by atomic mass is 14.7. The van der Waals surface area contributed by atoms with E-state index >= 15 is 0 Å². The van der Waals surface area contributed by atoms with Crippen molar-refractivity contribution in [1.82, 2.24) is 0 Å². The Hall–Kier alpha value is -0.790. The molecule has 52 valence electrons. The topological polar surface area (TPSA) is 38.4 Å². The van der Waals surface area contributed by atoms with Crippen molar-refractivity contribution in [3.05, 3.63) is 11.8 Å². The van der Waals surface area contributed by atoms with Gasteiger partial charge in [0, 0.05) is 19.0 Å². The summed E-state index contributed by atoms with van der Waals surface area (Å²) in [5.41, 5.74) is 6.25. The van der Waals surface area contributed by atoms with Crippen molar-refractivity contribution < 1.29 is 0 Å². The molecule has 0 heterocycles. The van der Waals surface area contributed by atoms with Gasteiger partial charge in [0.15, 0.2) is 0 Å². The highest BCUT2D eigenvalue weighted by Crippen LogP contribution is 1.89. The van der Waals surface area contributed by atoms with E-state index in [-0.39, 0.29) is 0 Å². The summed E-state index contributed by atoms with van der Waals surface area (Å²) in [6.45, 7) is 2.12. The van der Waals surface area contributed by atoms with Crippen LogP contribution in [0.5, 0.6) is 0 Å². The second-order valence-corrected chi connectivity index (χ2v) is 1.88. The molecule has 0 radical (unpaired) electrons. The van der Waals surface area contributed by atoms with Gasteiger partial charge in [0.05, 0.1) is 0 Å². The minimum Gasteiger partial charge on any atom is -0.398 e. The molecule has 0 saturated carbocycles. The minimum atomic E-state index is 0.763. The van der Waals surface area contributed by atoms with Gasteiger partial charge in [0.2, 0.25) is 0 Å². The van der Waals surface area contributed by atoms with Crippen molar-refractivity contribution in [2.24, 2.45) is 10.7 Å². The molecule has 0 aliphatic heterocycles. The van der Waals surface area contributed by atoms with Crippen LogP contribution in [0, 0.1) is 0 Å². The number of aliphatic imine (C=N–C) groups is 1. The molecule has 0 aromatic heterocycles. The van der Waals surface area contributed by atoms with E-state index in [1.165, 1.54) is 0 Å². The van der Waals surface area contributed by atoms with Gasteiger partial charge in [-0.05, 0) is 6.42 Å². The lowest BCUT2D eigenvalue weighted by atomic mass is 10.3. The molecule has 0 rings (SSSR count). The zero-order valence-corrected chi connectivity index (χ0v) is 6.09. The Balaban J connectivity index is 3.55. The molecule has 0 aromatic carbocycles.